The van der Waals surface area contributed by atoms with Gasteiger partial charge >= 0.3 is 0 Å². The Morgan fingerprint density at radius 2 is 1.84 bits per heavy atom. The second-order valence-corrected chi connectivity index (χ2v) is 11.6. The van der Waals surface area contributed by atoms with Gasteiger partial charge in [-0.05, 0) is 48.9 Å². The van der Waals surface area contributed by atoms with Gasteiger partial charge in [-0.1, -0.05) is 17.7 Å². The van der Waals surface area contributed by atoms with E-state index < -0.39 is 33.0 Å². The normalized spacial score (nSPS) is 13.7. The summed E-state index contributed by atoms with van der Waals surface area (Å²) in [4.78, 5) is 31.0. The van der Waals surface area contributed by atoms with Crippen LogP contribution in [-0.4, -0.2) is 75.2 Å². The van der Waals surface area contributed by atoms with E-state index in [2.05, 4.69) is 35.1 Å². The second-order valence-electron chi connectivity index (χ2n) is 9.55. The van der Waals surface area contributed by atoms with Crippen LogP contribution in [0.15, 0.2) is 60.0 Å². The summed E-state index contributed by atoms with van der Waals surface area (Å²) in [5.74, 6) is -2.49. The number of nitrogens with one attached hydrogen (secondary N) is 2. The Morgan fingerprint density at radius 1 is 1.05 bits per heavy atom. The zero-order valence-electron chi connectivity index (χ0n) is 22.8. The average Bonchev–Trinajstić information content (AvgIpc) is 3.52. The van der Waals surface area contributed by atoms with Gasteiger partial charge in [0.1, 0.15) is 29.7 Å². The quantitative estimate of drug-likeness (QED) is 0.267. The maximum absolute atomic E-state index is 15.6. The SMILES string of the molecule is Cc1c(Cl)cccc1S(=O)(=O)Nc1ccc(F)c(Nc2ncnc3ccc(-n4cnc(C(=O)N5CCOCC5)n4)nc23)c1F. The molecule has 3 aromatic heterocycles. The summed E-state index contributed by atoms with van der Waals surface area (Å²) in [7, 11) is -4.29. The van der Waals surface area contributed by atoms with Gasteiger partial charge in [-0.3, -0.25) is 9.52 Å². The number of benzene rings is 2. The molecule has 1 aliphatic rings. The van der Waals surface area contributed by atoms with E-state index in [1.54, 1.807) is 17.0 Å². The van der Waals surface area contributed by atoms with Crippen molar-refractivity contribution in [2.45, 2.75) is 11.8 Å². The molecule has 0 spiro atoms. The van der Waals surface area contributed by atoms with E-state index in [4.69, 9.17) is 16.3 Å². The minimum absolute atomic E-state index is 0.0344. The van der Waals surface area contributed by atoms with Crippen molar-refractivity contribution in [2.24, 2.45) is 0 Å². The van der Waals surface area contributed by atoms with Crippen molar-refractivity contribution in [3.05, 3.63) is 83.2 Å². The largest absolute Gasteiger partial charge is 0.378 e. The monoisotopic (exact) mass is 641 g/mol. The first kappa shape index (κ1) is 29.3. The lowest BCUT2D eigenvalue weighted by Gasteiger charge is -2.25. The van der Waals surface area contributed by atoms with Crippen LogP contribution in [0.4, 0.5) is 26.0 Å². The summed E-state index contributed by atoms with van der Waals surface area (Å²) < 4.78 is 65.4. The Balaban J connectivity index is 1.31. The molecule has 0 radical (unpaired) electrons. The van der Waals surface area contributed by atoms with Crippen molar-refractivity contribution < 1.29 is 26.7 Å². The van der Waals surface area contributed by atoms with Crippen molar-refractivity contribution in [2.75, 3.05) is 36.3 Å². The van der Waals surface area contributed by atoms with Crippen molar-refractivity contribution in [1.82, 2.24) is 34.6 Å². The van der Waals surface area contributed by atoms with E-state index in [0.717, 1.165) is 12.1 Å². The summed E-state index contributed by atoms with van der Waals surface area (Å²) in [6, 6.07) is 9.31. The molecule has 0 saturated carbocycles. The van der Waals surface area contributed by atoms with Crippen LogP contribution in [0.1, 0.15) is 16.2 Å². The molecule has 2 aromatic carbocycles. The van der Waals surface area contributed by atoms with Gasteiger partial charge in [-0.15, -0.1) is 5.10 Å². The van der Waals surface area contributed by atoms with Gasteiger partial charge in [0.15, 0.2) is 17.5 Å². The van der Waals surface area contributed by atoms with Crippen LogP contribution in [0.25, 0.3) is 16.9 Å². The number of fused-ring (bicyclic) bond motifs is 1. The molecule has 0 unspecified atom stereocenters. The molecule has 17 heteroatoms. The van der Waals surface area contributed by atoms with Gasteiger partial charge in [0, 0.05) is 18.1 Å². The molecule has 1 saturated heterocycles. The zero-order valence-corrected chi connectivity index (χ0v) is 24.4. The Morgan fingerprint density at radius 3 is 2.64 bits per heavy atom. The molecule has 226 valence electrons. The highest BCUT2D eigenvalue weighted by molar-refractivity contribution is 7.92. The third kappa shape index (κ3) is 5.61. The first-order valence-electron chi connectivity index (χ1n) is 13.1. The molecule has 1 amide bonds. The van der Waals surface area contributed by atoms with Gasteiger partial charge in [0.2, 0.25) is 5.82 Å². The zero-order chi connectivity index (χ0) is 31.0. The molecular formula is C27H22ClF2N9O4S. The first-order chi connectivity index (χ1) is 21.1. The second kappa shape index (κ2) is 11.7. The van der Waals surface area contributed by atoms with Crippen LogP contribution < -0.4 is 10.0 Å². The lowest BCUT2D eigenvalue weighted by Crippen LogP contribution is -2.41. The lowest BCUT2D eigenvalue weighted by molar-refractivity contribution is 0.0295. The minimum Gasteiger partial charge on any atom is -0.378 e. The molecule has 2 N–H and O–H groups in total. The van der Waals surface area contributed by atoms with Gasteiger partial charge in [-0.25, -0.2) is 41.8 Å². The predicted molar refractivity (Wildman–Crippen MR) is 156 cm³/mol. The Kier molecular flexibility index (Phi) is 7.79. The first-order valence-corrected chi connectivity index (χ1v) is 14.9. The minimum atomic E-state index is -4.29. The number of rotatable bonds is 7. The van der Waals surface area contributed by atoms with E-state index in [1.165, 1.54) is 42.5 Å². The molecule has 13 nitrogen and oxygen atoms in total. The predicted octanol–water partition coefficient (Wildman–Crippen LogP) is 3.86. The van der Waals surface area contributed by atoms with E-state index in [9.17, 15) is 17.6 Å². The van der Waals surface area contributed by atoms with E-state index >= 15 is 4.39 Å². The third-order valence-corrected chi connectivity index (χ3v) is 8.69. The van der Waals surface area contributed by atoms with Crippen molar-refractivity contribution in [3.8, 4) is 5.82 Å². The molecular weight excluding hydrogens is 620 g/mol. The summed E-state index contributed by atoms with van der Waals surface area (Å²) in [6.07, 6.45) is 2.49. The molecule has 0 bridgehead atoms. The Labute approximate surface area is 253 Å². The number of carbonyl (C=O) groups excluding carboxylic acids is 1. The number of nitrogens with zero attached hydrogens (tertiary/aromatic N) is 7. The number of morpholine rings is 1. The molecule has 1 aliphatic heterocycles. The smallest absolute Gasteiger partial charge is 0.293 e. The highest BCUT2D eigenvalue weighted by atomic mass is 35.5. The topological polar surface area (TPSA) is 157 Å². The summed E-state index contributed by atoms with van der Waals surface area (Å²) in [5.41, 5.74) is -0.493. The van der Waals surface area contributed by atoms with Gasteiger partial charge in [0.25, 0.3) is 15.9 Å². The van der Waals surface area contributed by atoms with Crippen LogP contribution in [-0.2, 0) is 14.8 Å². The van der Waals surface area contributed by atoms with Crippen LogP contribution in [0.2, 0.25) is 5.02 Å². The molecule has 44 heavy (non-hydrogen) atoms. The Bertz CT molecular complexity index is 2020. The molecule has 4 heterocycles. The third-order valence-electron chi connectivity index (χ3n) is 6.77. The van der Waals surface area contributed by atoms with Gasteiger partial charge < -0.3 is 15.0 Å². The van der Waals surface area contributed by atoms with Crippen molar-refractivity contribution in [3.63, 3.8) is 0 Å². The number of carbonyl (C=O) groups is 1. The van der Waals surface area contributed by atoms with Gasteiger partial charge in [0.05, 0.1) is 29.3 Å². The number of ether oxygens (including phenoxy) is 1. The van der Waals surface area contributed by atoms with E-state index in [0.29, 0.717) is 31.8 Å². The summed E-state index contributed by atoms with van der Waals surface area (Å²) >= 11 is 6.06. The fourth-order valence-corrected chi connectivity index (χ4v) is 6.03. The molecule has 5 aromatic rings. The fourth-order valence-electron chi connectivity index (χ4n) is 4.47. The number of halogens is 3. The number of pyridine rings is 1. The highest BCUT2D eigenvalue weighted by Gasteiger charge is 2.24. The lowest BCUT2D eigenvalue weighted by atomic mass is 10.2. The molecule has 1 fully saturated rings. The number of amides is 1. The fraction of sp³-hybridized carbons (Fsp3) is 0.185. The molecule has 0 atom stereocenters. The maximum atomic E-state index is 15.6. The van der Waals surface area contributed by atoms with Crippen LogP contribution in [0.5, 0.6) is 0 Å². The Hall–Kier alpha value is -4.80. The van der Waals surface area contributed by atoms with E-state index in [1.807, 2.05) is 0 Å². The number of anilines is 3. The van der Waals surface area contributed by atoms with Crippen LogP contribution in [0, 0.1) is 18.6 Å². The standard InChI is InChI=1S/C27H22ClF2N9O4S/c1-15-16(28)3-2-4-20(15)44(41,42)37-18-6-5-17(29)23(22(18)30)35-25-24-19(31-13-32-25)7-8-21(34-24)39-14-33-26(36-39)27(40)38-9-11-43-12-10-38/h2-8,13-14,37H,9-12H2,1H3,(H,31,32,35). The summed E-state index contributed by atoms with van der Waals surface area (Å²) in [6.45, 7) is 3.19. The highest BCUT2D eigenvalue weighted by Crippen LogP contribution is 2.32. The van der Waals surface area contributed by atoms with Crippen LogP contribution in [0.3, 0.4) is 0 Å². The van der Waals surface area contributed by atoms with Crippen molar-refractivity contribution in [1.29, 1.82) is 0 Å². The van der Waals surface area contributed by atoms with Crippen molar-refractivity contribution >= 4 is 55.8 Å². The van der Waals surface area contributed by atoms with E-state index in [-0.39, 0.29) is 44.4 Å². The molecule has 6 rings (SSSR count). The maximum Gasteiger partial charge on any atom is 0.293 e. The number of hydrogen-bond acceptors (Lipinski definition) is 10. The van der Waals surface area contributed by atoms with Gasteiger partial charge in [-0.2, -0.15) is 0 Å². The number of hydrogen-bond donors (Lipinski definition) is 2. The molecule has 0 aliphatic carbocycles. The average molecular weight is 642 g/mol. The number of sulfonamides is 1. The number of aromatic nitrogens is 6. The summed E-state index contributed by atoms with van der Waals surface area (Å²) in [5, 5.41) is 7.03. The van der Waals surface area contributed by atoms with Crippen LogP contribution >= 0.6 is 11.6 Å².